The second-order valence-electron chi connectivity index (χ2n) is 5.73. The summed E-state index contributed by atoms with van der Waals surface area (Å²) in [5.74, 6) is 1.11. The lowest BCUT2D eigenvalue weighted by Gasteiger charge is -2.29. The fraction of sp³-hybridized carbons (Fsp3) is 0.167. The van der Waals surface area contributed by atoms with Crippen molar-refractivity contribution in [3.05, 3.63) is 47.4 Å². The van der Waals surface area contributed by atoms with Gasteiger partial charge in [0, 0.05) is 6.07 Å². The fourth-order valence-electron chi connectivity index (χ4n) is 2.74. The van der Waals surface area contributed by atoms with Gasteiger partial charge in [-0.1, -0.05) is 0 Å². The molecule has 7 nitrogen and oxygen atoms in total. The van der Waals surface area contributed by atoms with E-state index in [4.69, 9.17) is 26.1 Å². The number of thiocarbonyl (C=S) groups is 1. The Hall–Kier alpha value is -3.13. The molecule has 2 aliphatic rings. The number of benzene rings is 1. The topological polar surface area (TPSA) is 81.0 Å². The molecule has 2 aromatic rings. The number of nitrogens with zero attached hydrogens (tertiary/aromatic N) is 1. The molecule has 0 atom stereocenters. The molecule has 1 saturated heterocycles. The number of rotatable bonds is 2. The predicted molar refractivity (Wildman–Crippen MR) is 97.1 cm³/mol. The van der Waals surface area contributed by atoms with E-state index in [9.17, 15) is 9.59 Å². The van der Waals surface area contributed by atoms with E-state index in [-0.39, 0.29) is 10.7 Å². The minimum atomic E-state index is -0.567. The highest BCUT2D eigenvalue weighted by molar-refractivity contribution is 7.80. The van der Waals surface area contributed by atoms with Crippen LogP contribution in [0.5, 0.6) is 11.5 Å². The summed E-state index contributed by atoms with van der Waals surface area (Å²) in [5.41, 5.74) is 0.411. The lowest BCUT2D eigenvalue weighted by atomic mass is 10.1. The normalized spacial score (nSPS) is 18.3. The Bertz CT molecular complexity index is 962. The van der Waals surface area contributed by atoms with Crippen molar-refractivity contribution in [3.8, 4) is 11.5 Å². The number of nitrogens with one attached hydrogen (secondary N) is 1. The lowest BCUT2D eigenvalue weighted by Crippen LogP contribution is -2.54. The van der Waals surface area contributed by atoms with Crippen LogP contribution in [0.2, 0.25) is 0 Å². The van der Waals surface area contributed by atoms with Gasteiger partial charge in [-0.05, 0) is 49.5 Å². The number of anilines is 1. The quantitative estimate of drug-likeness (QED) is 0.496. The van der Waals surface area contributed by atoms with Gasteiger partial charge in [-0.15, -0.1) is 0 Å². The molecule has 1 fully saturated rings. The SMILES string of the molecule is Cc1ccc(C=C2C(=O)NC(=S)N(c3ccc4c(c3)OCCO4)C2=O)o1. The first kappa shape index (κ1) is 16.3. The molecule has 0 bridgehead atoms. The second kappa shape index (κ2) is 6.30. The van der Waals surface area contributed by atoms with Crippen molar-refractivity contribution < 1.29 is 23.5 Å². The highest BCUT2D eigenvalue weighted by atomic mass is 32.1. The molecule has 4 rings (SSSR count). The number of amides is 2. The van der Waals surface area contributed by atoms with Gasteiger partial charge in [0.1, 0.15) is 30.3 Å². The third kappa shape index (κ3) is 2.84. The molecule has 1 N–H and O–H groups in total. The van der Waals surface area contributed by atoms with Crippen LogP contribution in [0.1, 0.15) is 11.5 Å². The van der Waals surface area contributed by atoms with Crippen LogP contribution in [0.3, 0.4) is 0 Å². The number of ether oxygens (including phenoxy) is 2. The second-order valence-corrected chi connectivity index (χ2v) is 6.12. The molecule has 3 heterocycles. The summed E-state index contributed by atoms with van der Waals surface area (Å²) in [4.78, 5) is 26.4. The molecule has 0 spiro atoms. The van der Waals surface area contributed by atoms with E-state index in [1.165, 1.54) is 11.0 Å². The summed E-state index contributed by atoms with van der Waals surface area (Å²) in [6.07, 6.45) is 1.40. The zero-order valence-corrected chi connectivity index (χ0v) is 14.6. The fourth-order valence-corrected chi connectivity index (χ4v) is 3.02. The van der Waals surface area contributed by atoms with E-state index in [0.717, 1.165) is 0 Å². The highest BCUT2D eigenvalue weighted by Crippen LogP contribution is 2.35. The van der Waals surface area contributed by atoms with E-state index in [2.05, 4.69) is 5.32 Å². The molecule has 1 aromatic carbocycles. The van der Waals surface area contributed by atoms with Gasteiger partial charge in [-0.2, -0.15) is 0 Å². The van der Waals surface area contributed by atoms with Crippen LogP contribution in [-0.2, 0) is 9.59 Å². The van der Waals surface area contributed by atoms with Gasteiger partial charge < -0.3 is 13.9 Å². The van der Waals surface area contributed by atoms with Crippen LogP contribution >= 0.6 is 12.2 Å². The molecule has 0 unspecified atom stereocenters. The van der Waals surface area contributed by atoms with Gasteiger partial charge in [0.2, 0.25) is 0 Å². The van der Waals surface area contributed by atoms with Crippen LogP contribution in [0, 0.1) is 6.92 Å². The first-order valence-electron chi connectivity index (χ1n) is 7.90. The monoisotopic (exact) mass is 370 g/mol. The standard InChI is InChI=1S/C18H14N2O5S/c1-10-2-4-12(25-10)9-13-16(21)19-18(26)20(17(13)22)11-3-5-14-15(8-11)24-7-6-23-14/h2-5,8-9H,6-7H2,1H3,(H,19,21,26). The van der Waals surface area contributed by atoms with E-state index < -0.39 is 11.8 Å². The van der Waals surface area contributed by atoms with Gasteiger partial charge in [-0.3, -0.25) is 19.8 Å². The summed E-state index contributed by atoms with van der Waals surface area (Å²) < 4.78 is 16.5. The summed E-state index contributed by atoms with van der Waals surface area (Å²) in [7, 11) is 0. The Labute approximate surface area is 154 Å². The molecule has 26 heavy (non-hydrogen) atoms. The molecule has 8 heteroatoms. The summed E-state index contributed by atoms with van der Waals surface area (Å²) in [6, 6.07) is 8.48. The van der Waals surface area contributed by atoms with Crippen molar-refractivity contribution in [3.63, 3.8) is 0 Å². The maximum atomic E-state index is 12.9. The Kier molecular flexibility index (Phi) is 3.96. The van der Waals surface area contributed by atoms with Gasteiger partial charge in [0.15, 0.2) is 16.6 Å². The van der Waals surface area contributed by atoms with Crippen LogP contribution in [0.4, 0.5) is 5.69 Å². The molecule has 0 saturated carbocycles. The average Bonchev–Trinajstić information content (AvgIpc) is 3.03. The summed E-state index contributed by atoms with van der Waals surface area (Å²) in [6.45, 7) is 2.68. The van der Waals surface area contributed by atoms with E-state index >= 15 is 0 Å². The molecular formula is C18H14N2O5S. The first-order valence-corrected chi connectivity index (χ1v) is 8.31. The number of furan rings is 1. The van der Waals surface area contributed by atoms with Crippen molar-refractivity contribution in [2.24, 2.45) is 0 Å². The van der Waals surface area contributed by atoms with Crippen molar-refractivity contribution in [2.45, 2.75) is 6.92 Å². The molecule has 2 amide bonds. The highest BCUT2D eigenvalue weighted by Gasteiger charge is 2.35. The van der Waals surface area contributed by atoms with E-state index in [0.29, 0.717) is 41.9 Å². The molecule has 132 valence electrons. The molecule has 0 aliphatic carbocycles. The van der Waals surface area contributed by atoms with Gasteiger partial charge in [0.05, 0.1) is 5.69 Å². The Balaban J connectivity index is 1.71. The largest absolute Gasteiger partial charge is 0.486 e. The summed E-state index contributed by atoms with van der Waals surface area (Å²) in [5, 5.41) is 2.54. The van der Waals surface area contributed by atoms with Crippen LogP contribution in [0.15, 0.2) is 40.3 Å². The summed E-state index contributed by atoms with van der Waals surface area (Å²) >= 11 is 5.19. The number of hydrogen-bond donors (Lipinski definition) is 1. The lowest BCUT2D eigenvalue weighted by molar-refractivity contribution is -0.122. The minimum absolute atomic E-state index is 0.00412. The van der Waals surface area contributed by atoms with Gasteiger partial charge >= 0.3 is 0 Å². The molecule has 0 radical (unpaired) electrons. The first-order chi connectivity index (χ1) is 12.5. The van der Waals surface area contributed by atoms with Crippen LogP contribution in [-0.4, -0.2) is 30.1 Å². The van der Waals surface area contributed by atoms with Crippen LogP contribution < -0.4 is 19.7 Å². The van der Waals surface area contributed by atoms with Crippen LogP contribution in [0.25, 0.3) is 6.08 Å². The minimum Gasteiger partial charge on any atom is -0.486 e. The third-order valence-corrected chi connectivity index (χ3v) is 4.22. The third-order valence-electron chi connectivity index (χ3n) is 3.93. The van der Waals surface area contributed by atoms with Gasteiger partial charge in [-0.25, -0.2) is 0 Å². The number of hydrogen-bond acceptors (Lipinski definition) is 6. The number of fused-ring (bicyclic) bond motifs is 1. The maximum absolute atomic E-state index is 12.9. The molecular weight excluding hydrogens is 356 g/mol. The van der Waals surface area contributed by atoms with Crippen molar-refractivity contribution >= 4 is 40.9 Å². The zero-order valence-electron chi connectivity index (χ0n) is 13.8. The van der Waals surface area contributed by atoms with Crippen molar-refractivity contribution in [2.75, 3.05) is 18.1 Å². The average molecular weight is 370 g/mol. The number of carbonyl (C=O) groups excluding carboxylic acids is 2. The maximum Gasteiger partial charge on any atom is 0.270 e. The van der Waals surface area contributed by atoms with Crippen molar-refractivity contribution in [1.82, 2.24) is 5.32 Å². The van der Waals surface area contributed by atoms with E-state index in [1.807, 2.05) is 0 Å². The zero-order chi connectivity index (χ0) is 18.3. The smallest absolute Gasteiger partial charge is 0.270 e. The number of aryl methyl sites for hydroxylation is 1. The molecule has 1 aromatic heterocycles. The van der Waals surface area contributed by atoms with Crippen molar-refractivity contribution in [1.29, 1.82) is 0 Å². The predicted octanol–water partition coefficient (Wildman–Crippen LogP) is 2.19. The van der Waals surface area contributed by atoms with E-state index in [1.54, 1.807) is 37.3 Å². The van der Waals surface area contributed by atoms with Gasteiger partial charge in [0.25, 0.3) is 11.8 Å². The Morgan fingerprint density at radius 2 is 1.88 bits per heavy atom. The molecule has 2 aliphatic heterocycles. The Morgan fingerprint density at radius 1 is 1.12 bits per heavy atom. The Morgan fingerprint density at radius 3 is 2.62 bits per heavy atom. The number of carbonyl (C=O) groups is 2.